The van der Waals surface area contributed by atoms with Gasteiger partial charge < -0.3 is 15.7 Å². The molecule has 0 bridgehead atoms. The number of hydrogen-bond donors (Lipinski definition) is 3. The Morgan fingerprint density at radius 1 is 1.38 bits per heavy atom. The Labute approximate surface area is 124 Å². The molecule has 5 heteroatoms. The molecule has 0 saturated carbocycles. The lowest BCUT2D eigenvalue weighted by Gasteiger charge is -2.16. The average molecular weight is 290 g/mol. The summed E-state index contributed by atoms with van der Waals surface area (Å²) in [5, 5.41) is 14.1. The van der Waals surface area contributed by atoms with Crippen molar-refractivity contribution in [2.75, 3.05) is 6.54 Å². The second kappa shape index (κ2) is 6.61. The van der Waals surface area contributed by atoms with Crippen LogP contribution in [0.1, 0.15) is 55.3 Å². The maximum absolute atomic E-state index is 11.8. The summed E-state index contributed by atoms with van der Waals surface area (Å²) in [6.45, 7) is 4.45. The molecule has 0 spiro atoms. The molecule has 5 nitrogen and oxygen atoms in total. The number of rotatable bonds is 5. The summed E-state index contributed by atoms with van der Waals surface area (Å²) in [5.41, 5.74) is 3.75. The van der Waals surface area contributed by atoms with Crippen LogP contribution in [0.25, 0.3) is 0 Å². The van der Waals surface area contributed by atoms with Crippen molar-refractivity contribution in [3.8, 4) is 0 Å². The van der Waals surface area contributed by atoms with Crippen LogP contribution in [0.4, 0.5) is 4.79 Å². The highest BCUT2D eigenvalue weighted by atomic mass is 16.4. The van der Waals surface area contributed by atoms with Crippen molar-refractivity contribution in [2.24, 2.45) is 0 Å². The van der Waals surface area contributed by atoms with E-state index in [4.69, 9.17) is 5.11 Å². The second-order valence-corrected chi connectivity index (χ2v) is 5.75. The number of carbonyl (C=O) groups is 2. The van der Waals surface area contributed by atoms with Crippen molar-refractivity contribution in [2.45, 2.75) is 45.1 Å². The predicted molar refractivity (Wildman–Crippen MR) is 80.4 cm³/mol. The maximum Gasteiger partial charge on any atom is 0.315 e. The smallest absolute Gasteiger partial charge is 0.315 e. The number of fused-ring (bicyclic) bond motifs is 1. The lowest BCUT2D eigenvalue weighted by molar-refractivity contribution is -0.136. The number of urea groups is 1. The molecule has 1 unspecified atom stereocenters. The Kier molecular flexibility index (Phi) is 4.83. The summed E-state index contributed by atoms with van der Waals surface area (Å²) in [4.78, 5) is 22.2. The van der Waals surface area contributed by atoms with Gasteiger partial charge in [0.05, 0.1) is 12.5 Å². The van der Waals surface area contributed by atoms with Gasteiger partial charge >= 0.3 is 12.0 Å². The van der Waals surface area contributed by atoms with Crippen molar-refractivity contribution in [3.05, 3.63) is 34.9 Å². The van der Waals surface area contributed by atoms with Gasteiger partial charge in [0.1, 0.15) is 0 Å². The molecule has 1 aliphatic rings. The van der Waals surface area contributed by atoms with E-state index in [1.807, 2.05) is 0 Å². The zero-order valence-electron chi connectivity index (χ0n) is 12.5. The molecule has 21 heavy (non-hydrogen) atoms. The molecule has 0 aliphatic heterocycles. The van der Waals surface area contributed by atoms with E-state index in [2.05, 4.69) is 42.7 Å². The van der Waals surface area contributed by atoms with E-state index in [1.54, 1.807) is 0 Å². The van der Waals surface area contributed by atoms with Crippen molar-refractivity contribution < 1.29 is 14.7 Å². The van der Waals surface area contributed by atoms with Crippen LogP contribution in [0.2, 0.25) is 0 Å². The minimum Gasteiger partial charge on any atom is -0.481 e. The lowest BCUT2D eigenvalue weighted by Crippen LogP contribution is -2.38. The molecule has 114 valence electrons. The van der Waals surface area contributed by atoms with E-state index in [1.165, 1.54) is 16.7 Å². The molecule has 0 aromatic heterocycles. The summed E-state index contributed by atoms with van der Waals surface area (Å²) in [6.07, 6.45) is 1.79. The molecule has 0 fully saturated rings. The van der Waals surface area contributed by atoms with E-state index in [0.717, 1.165) is 12.8 Å². The molecule has 0 radical (unpaired) electrons. The van der Waals surface area contributed by atoms with E-state index in [0.29, 0.717) is 5.92 Å². The minimum atomic E-state index is -0.914. The summed E-state index contributed by atoms with van der Waals surface area (Å²) >= 11 is 0. The van der Waals surface area contributed by atoms with Gasteiger partial charge in [-0.05, 0) is 35.4 Å². The summed E-state index contributed by atoms with van der Waals surface area (Å²) in [7, 11) is 0. The first-order chi connectivity index (χ1) is 9.97. The van der Waals surface area contributed by atoms with E-state index < -0.39 is 5.97 Å². The fraction of sp³-hybridized carbons (Fsp3) is 0.500. The zero-order valence-corrected chi connectivity index (χ0v) is 12.5. The average Bonchev–Trinajstić information content (AvgIpc) is 2.80. The second-order valence-electron chi connectivity index (χ2n) is 5.75. The molecule has 0 saturated heterocycles. The lowest BCUT2D eigenvalue weighted by atomic mass is 9.97. The van der Waals surface area contributed by atoms with Gasteiger partial charge in [0.15, 0.2) is 0 Å². The highest BCUT2D eigenvalue weighted by Gasteiger charge is 2.24. The van der Waals surface area contributed by atoms with Crippen LogP contribution in [0, 0.1) is 0 Å². The summed E-state index contributed by atoms with van der Waals surface area (Å²) < 4.78 is 0. The molecule has 1 aromatic carbocycles. The number of hydrogen-bond acceptors (Lipinski definition) is 2. The standard InChI is InChI=1S/C16H22N2O3/c1-10(2)12-4-3-11-5-6-14(13(11)9-12)18-16(21)17-8-7-15(19)20/h3-4,9-10,14H,5-8H2,1-2H3,(H,19,20)(H2,17,18,21). The molecule has 1 aliphatic carbocycles. The van der Waals surface area contributed by atoms with Gasteiger partial charge in [0.25, 0.3) is 0 Å². The van der Waals surface area contributed by atoms with E-state index >= 15 is 0 Å². The van der Waals surface area contributed by atoms with Gasteiger partial charge in [0, 0.05) is 6.54 Å². The van der Waals surface area contributed by atoms with Crippen molar-refractivity contribution in [3.63, 3.8) is 0 Å². The molecule has 2 rings (SSSR count). The number of aliphatic carboxylic acids is 1. The van der Waals surface area contributed by atoms with Gasteiger partial charge in [-0.25, -0.2) is 4.79 Å². The Morgan fingerprint density at radius 2 is 2.14 bits per heavy atom. The predicted octanol–water partition coefficient (Wildman–Crippen LogP) is 2.57. The molecule has 2 amide bonds. The van der Waals surface area contributed by atoms with Gasteiger partial charge in [-0.1, -0.05) is 32.0 Å². The first kappa shape index (κ1) is 15.4. The van der Waals surface area contributed by atoms with Crippen molar-refractivity contribution >= 4 is 12.0 Å². The minimum absolute atomic E-state index is 0.0172. The number of amides is 2. The third-order valence-corrected chi connectivity index (χ3v) is 3.84. The first-order valence-corrected chi connectivity index (χ1v) is 7.36. The zero-order chi connectivity index (χ0) is 15.4. The monoisotopic (exact) mass is 290 g/mol. The normalized spacial score (nSPS) is 16.6. The van der Waals surface area contributed by atoms with Crippen LogP contribution >= 0.6 is 0 Å². The third kappa shape index (κ3) is 3.97. The van der Waals surface area contributed by atoms with Crippen LogP contribution in [-0.2, 0) is 11.2 Å². The van der Waals surface area contributed by atoms with Gasteiger partial charge in [-0.2, -0.15) is 0 Å². The molecule has 0 heterocycles. The highest BCUT2D eigenvalue weighted by molar-refractivity contribution is 5.75. The number of nitrogens with one attached hydrogen (secondary N) is 2. The highest BCUT2D eigenvalue weighted by Crippen LogP contribution is 2.33. The largest absolute Gasteiger partial charge is 0.481 e. The Balaban J connectivity index is 1.96. The van der Waals surface area contributed by atoms with Gasteiger partial charge in [0.2, 0.25) is 0 Å². The fourth-order valence-corrected chi connectivity index (χ4v) is 2.62. The number of benzene rings is 1. The molecule has 1 aromatic rings. The summed E-state index contributed by atoms with van der Waals surface area (Å²) in [6, 6.07) is 6.19. The fourth-order valence-electron chi connectivity index (χ4n) is 2.62. The SMILES string of the molecule is CC(C)c1ccc2c(c1)C(NC(=O)NCCC(=O)O)CC2. The van der Waals surface area contributed by atoms with Crippen LogP contribution in [0.5, 0.6) is 0 Å². The number of carbonyl (C=O) groups excluding carboxylic acids is 1. The number of carboxylic acids is 1. The third-order valence-electron chi connectivity index (χ3n) is 3.84. The molecule has 3 N–H and O–H groups in total. The van der Waals surface area contributed by atoms with E-state index in [-0.39, 0.29) is 25.0 Å². The molecule has 1 atom stereocenters. The first-order valence-electron chi connectivity index (χ1n) is 7.36. The quantitative estimate of drug-likeness (QED) is 0.780. The van der Waals surface area contributed by atoms with Gasteiger partial charge in [-0.15, -0.1) is 0 Å². The summed E-state index contributed by atoms with van der Waals surface area (Å²) in [5.74, 6) is -0.455. The van der Waals surface area contributed by atoms with Crippen LogP contribution in [0.15, 0.2) is 18.2 Å². The Morgan fingerprint density at radius 3 is 2.81 bits per heavy atom. The maximum atomic E-state index is 11.8. The van der Waals surface area contributed by atoms with Crippen molar-refractivity contribution in [1.29, 1.82) is 0 Å². The van der Waals surface area contributed by atoms with Crippen LogP contribution < -0.4 is 10.6 Å². The van der Waals surface area contributed by atoms with Crippen LogP contribution in [0.3, 0.4) is 0 Å². The number of aryl methyl sites for hydroxylation is 1. The topological polar surface area (TPSA) is 78.4 Å². The Hall–Kier alpha value is -2.04. The molecular formula is C16H22N2O3. The number of carboxylic acid groups (broad SMARTS) is 1. The van der Waals surface area contributed by atoms with Crippen LogP contribution in [-0.4, -0.2) is 23.7 Å². The van der Waals surface area contributed by atoms with Gasteiger partial charge in [-0.3, -0.25) is 4.79 Å². The van der Waals surface area contributed by atoms with Crippen molar-refractivity contribution in [1.82, 2.24) is 10.6 Å². The Bertz CT molecular complexity index is 540. The molecular weight excluding hydrogens is 268 g/mol. The van der Waals surface area contributed by atoms with E-state index in [9.17, 15) is 9.59 Å².